The van der Waals surface area contributed by atoms with E-state index in [9.17, 15) is 0 Å². The van der Waals surface area contributed by atoms with Crippen LogP contribution >= 0.6 is 15.9 Å². The number of ether oxygens (including phenoxy) is 2. The highest BCUT2D eigenvalue weighted by atomic mass is 79.9. The van der Waals surface area contributed by atoms with E-state index in [1.54, 1.807) is 0 Å². The predicted octanol–water partition coefficient (Wildman–Crippen LogP) is 2.23. The monoisotopic (exact) mass is 232 g/mol. The average molecular weight is 233 g/mol. The third kappa shape index (κ3) is 1.45. The van der Waals surface area contributed by atoms with Crippen LogP contribution in [0, 0.1) is 0 Å². The van der Waals surface area contributed by atoms with E-state index >= 15 is 0 Å². The maximum Gasteiger partial charge on any atom is 0.200 e. The minimum atomic E-state index is -0.448. The van der Waals surface area contributed by atoms with E-state index in [0.29, 0.717) is 4.83 Å². The number of hydrogen-bond acceptors (Lipinski definition) is 2. The van der Waals surface area contributed by atoms with Crippen LogP contribution in [0.15, 0.2) is 12.2 Å². The van der Waals surface area contributed by atoms with Crippen LogP contribution in [0.2, 0.25) is 0 Å². The molecule has 2 heterocycles. The average Bonchev–Trinajstić information content (AvgIpc) is 2.12. The van der Waals surface area contributed by atoms with Gasteiger partial charge in [-0.2, -0.15) is 0 Å². The first-order chi connectivity index (χ1) is 5.83. The Balaban J connectivity index is 2.15. The molecule has 1 fully saturated rings. The van der Waals surface area contributed by atoms with Gasteiger partial charge in [0.1, 0.15) is 0 Å². The Labute approximate surface area is 81.1 Å². The van der Waals surface area contributed by atoms with E-state index in [1.807, 2.05) is 0 Å². The van der Waals surface area contributed by atoms with Gasteiger partial charge in [-0.05, 0) is 25.3 Å². The molecule has 0 saturated carbocycles. The predicted molar refractivity (Wildman–Crippen MR) is 50.3 cm³/mol. The normalized spacial score (nSPS) is 41.9. The van der Waals surface area contributed by atoms with Crippen molar-refractivity contribution < 1.29 is 9.47 Å². The highest BCUT2D eigenvalue weighted by molar-refractivity contribution is 9.09. The lowest BCUT2D eigenvalue weighted by atomic mass is 10.0. The molecule has 0 bridgehead atoms. The quantitative estimate of drug-likeness (QED) is 0.472. The lowest BCUT2D eigenvalue weighted by Crippen LogP contribution is -2.47. The first-order valence-electron chi connectivity index (χ1n) is 4.43. The van der Waals surface area contributed by atoms with Crippen LogP contribution in [0.4, 0.5) is 0 Å². The number of halogens is 1. The van der Waals surface area contributed by atoms with Crippen LogP contribution in [-0.4, -0.2) is 23.8 Å². The van der Waals surface area contributed by atoms with Gasteiger partial charge in [-0.1, -0.05) is 22.0 Å². The number of hydrogen-bond donors (Lipinski definition) is 0. The SMILES string of the molecule is Br[C@H]1CCCO[C@]12C=CCCO2. The van der Waals surface area contributed by atoms with Crippen LogP contribution in [0.5, 0.6) is 0 Å². The highest BCUT2D eigenvalue weighted by Crippen LogP contribution is 2.35. The van der Waals surface area contributed by atoms with Gasteiger partial charge in [-0.15, -0.1) is 0 Å². The maximum absolute atomic E-state index is 5.66. The van der Waals surface area contributed by atoms with E-state index < -0.39 is 5.79 Å². The lowest BCUT2D eigenvalue weighted by Gasteiger charge is -2.40. The Morgan fingerprint density at radius 3 is 2.83 bits per heavy atom. The van der Waals surface area contributed by atoms with Gasteiger partial charge in [0.2, 0.25) is 5.79 Å². The second-order valence-corrected chi connectivity index (χ2v) is 4.32. The van der Waals surface area contributed by atoms with Crippen molar-refractivity contribution in [2.24, 2.45) is 0 Å². The van der Waals surface area contributed by atoms with E-state index in [-0.39, 0.29) is 0 Å². The zero-order valence-corrected chi connectivity index (χ0v) is 8.55. The summed E-state index contributed by atoms with van der Waals surface area (Å²) in [7, 11) is 0. The van der Waals surface area contributed by atoms with Crippen LogP contribution < -0.4 is 0 Å². The molecule has 2 rings (SSSR count). The molecule has 0 aromatic rings. The summed E-state index contributed by atoms with van der Waals surface area (Å²) < 4.78 is 11.3. The van der Waals surface area contributed by atoms with Crippen molar-refractivity contribution >= 4 is 15.9 Å². The molecule has 0 unspecified atom stereocenters. The second kappa shape index (κ2) is 3.48. The summed E-state index contributed by atoms with van der Waals surface area (Å²) in [6.45, 7) is 1.59. The molecule has 1 spiro atoms. The molecule has 2 atom stereocenters. The summed E-state index contributed by atoms with van der Waals surface area (Å²) in [5.74, 6) is -0.448. The van der Waals surface area contributed by atoms with Gasteiger partial charge in [0.15, 0.2) is 0 Å². The molecule has 1 saturated heterocycles. The van der Waals surface area contributed by atoms with Crippen molar-refractivity contribution in [2.75, 3.05) is 13.2 Å². The van der Waals surface area contributed by atoms with Crippen molar-refractivity contribution in [3.63, 3.8) is 0 Å². The van der Waals surface area contributed by atoms with E-state index in [1.165, 1.54) is 0 Å². The molecular weight excluding hydrogens is 220 g/mol. The third-order valence-corrected chi connectivity index (χ3v) is 3.42. The molecular formula is C9H13BrO2. The van der Waals surface area contributed by atoms with Gasteiger partial charge in [0, 0.05) is 0 Å². The largest absolute Gasteiger partial charge is 0.345 e. The topological polar surface area (TPSA) is 18.5 Å². The first kappa shape index (κ1) is 8.73. The fraction of sp³-hybridized carbons (Fsp3) is 0.778. The molecule has 0 aliphatic carbocycles. The fourth-order valence-corrected chi connectivity index (χ4v) is 2.39. The molecule has 2 nitrogen and oxygen atoms in total. The molecule has 68 valence electrons. The molecule has 0 N–H and O–H groups in total. The Hall–Kier alpha value is 0.140. The first-order valence-corrected chi connectivity index (χ1v) is 5.35. The van der Waals surface area contributed by atoms with Crippen LogP contribution in [0.1, 0.15) is 19.3 Å². The minimum Gasteiger partial charge on any atom is -0.345 e. The minimum absolute atomic E-state index is 0.315. The Kier molecular flexibility index (Phi) is 2.53. The van der Waals surface area contributed by atoms with E-state index in [2.05, 4.69) is 28.1 Å². The molecule has 0 radical (unpaired) electrons. The summed E-state index contributed by atoms with van der Waals surface area (Å²) in [5.41, 5.74) is 0. The molecule has 3 heteroatoms. The molecule has 0 aromatic heterocycles. The van der Waals surface area contributed by atoms with Crippen molar-refractivity contribution in [3.05, 3.63) is 12.2 Å². The van der Waals surface area contributed by atoms with Gasteiger partial charge < -0.3 is 9.47 Å². The standard InChI is InChI=1S/C9H13BrO2/c10-8-4-3-7-12-9(8)5-1-2-6-11-9/h1,5,8H,2-4,6-7H2/t8-,9+/m0/s1. The van der Waals surface area contributed by atoms with Gasteiger partial charge >= 0.3 is 0 Å². The van der Waals surface area contributed by atoms with Crippen molar-refractivity contribution in [1.82, 2.24) is 0 Å². The highest BCUT2D eigenvalue weighted by Gasteiger charge is 2.40. The van der Waals surface area contributed by atoms with Crippen molar-refractivity contribution in [1.29, 1.82) is 0 Å². The summed E-state index contributed by atoms with van der Waals surface area (Å²) in [4.78, 5) is 0.315. The van der Waals surface area contributed by atoms with Gasteiger partial charge in [0.25, 0.3) is 0 Å². The smallest absolute Gasteiger partial charge is 0.200 e. The molecule has 2 aliphatic heterocycles. The van der Waals surface area contributed by atoms with Gasteiger partial charge in [-0.3, -0.25) is 0 Å². The third-order valence-electron chi connectivity index (χ3n) is 2.33. The number of rotatable bonds is 0. The summed E-state index contributed by atoms with van der Waals surface area (Å²) in [6.07, 6.45) is 7.45. The second-order valence-electron chi connectivity index (χ2n) is 3.22. The molecule has 2 aliphatic rings. The zero-order valence-electron chi connectivity index (χ0n) is 6.96. The lowest BCUT2D eigenvalue weighted by molar-refractivity contribution is -0.221. The summed E-state index contributed by atoms with van der Waals surface area (Å²) >= 11 is 3.61. The maximum atomic E-state index is 5.66. The zero-order chi connectivity index (χ0) is 8.44. The molecule has 0 amide bonds. The van der Waals surface area contributed by atoms with E-state index in [0.717, 1.165) is 32.5 Å². The van der Waals surface area contributed by atoms with Gasteiger partial charge in [-0.25, -0.2) is 0 Å². The number of alkyl halides is 1. The Morgan fingerprint density at radius 1 is 1.33 bits per heavy atom. The van der Waals surface area contributed by atoms with Crippen LogP contribution in [-0.2, 0) is 9.47 Å². The van der Waals surface area contributed by atoms with Crippen molar-refractivity contribution in [3.8, 4) is 0 Å². The molecule has 0 aromatic carbocycles. The Morgan fingerprint density at radius 2 is 2.17 bits per heavy atom. The molecule has 12 heavy (non-hydrogen) atoms. The fourth-order valence-electron chi connectivity index (χ4n) is 1.65. The van der Waals surface area contributed by atoms with E-state index in [4.69, 9.17) is 9.47 Å². The summed E-state index contributed by atoms with van der Waals surface area (Å²) in [6, 6.07) is 0. The van der Waals surface area contributed by atoms with Gasteiger partial charge in [0.05, 0.1) is 18.0 Å². The summed E-state index contributed by atoms with van der Waals surface area (Å²) in [5, 5.41) is 0. The van der Waals surface area contributed by atoms with Crippen molar-refractivity contribution in [2.45, 2.75) is 29.9 Å². The van der Waals surface area contributed by atoms with Crippen LogP contribution in [0.25, 0.3) is 0 Å². The Bertz CT molecular complexity index is 193. The van der Waals surface area contributed by atoms with Crippen LogP contribution in [0.3, 0.4) is 0 Å².